The zero-order valence-corrected chi connectivity index (χ0v) is 12.8. The second kappa shape index (κ2) is 7.10. The minimum Gasteiger partial charge on any atom is -0.496 e. The second-order valence-electron chi connectivity index (χ2n) is 4.40. The number of ether oxygens (including phenoxy) is 1. The number of para-hydroxylation sites is 1. The number of hydrogen-bond acceptors (Lipinski definition) is 3. The standard InChI is InChI=1S/C16H16BrNO2/c1-20-16-8-7-12(10-15(16)17)9-14(19)11-18-13-5-3-2-4-6-13/h2-8,10,18H,9,11H2,1H3. The summed E-state index contributed by atoms with van der Waals surface area (Å²) in [4.78, 5) is 11.9. The highest BCUT2D eigenvalue weighted by molar-refractivity contribution is 9.10. The molecule has 0 aliphatic rings. The Balaban J connectivity index is 1.90. The lowest BCUT2D eigenvalue weighted by Gasteiger charge is -2.07. The topological polar surface area (TPSA) is 38.3 Å². The molecule has 2 rings (SSSR count). The number of halogens is 1. The number of Topliss-reactive ketones (excluding diaryl/α,β-unsaturated/α-hetero) is 1. The van der Waals surface area contributed by atoms with Crippen LogP contribution >= 0.6 is 15.9 Å². The number of benzene rings is 2. The molecule has 2 aromatic carbocycles. The quantitative estimate of drug-likeness (QED) is 0.876. The van der Waals surface area contributed by atoms with Crippen molar-refractivity contribution in [3.05, 3.63) is 58.6 Å². The summed E-state index contributed by atoms with van der Waals surface area (Å²) < 4.78 is 6.03. The Morgan fingerprint density at radius 3 is 2.60 bits per heavy atom. The maximum Gasteiger partial charge on any atom is 0.156 e. The fourth-order valence-electron chi connectivity index (χ4n) is 1.87. The Morgan fingerprint density at radius 1 is 1.20 bits per heavy atom. The first-order valence-electron chi connectivity index (χ1n) is 6.32. The molecule has 0 spiro atoms. The fourth-order valence-corrected chi connectivity index (χ4v) is 2.45. The van der Waals surface area contributed by atoms with Gasteiger partial charge in [0, 0.05) is 12.1 Å². The molecule has 2 aromatic rings. The molecule has 104 valence electrons. The highest BCUT2D eigenvalue weighted by atomic mass is 79.9. The van der Waals surface area contributed by atoms with Gasteiger partial charge < -0.3 is 10.1 Å². The van der Waals surface area contributed by atoms with Crippen molar-refractivity contribution in [3.63, 3.8) is 0 Å². The smallest absolute Gasteiger partial charge is 0.156 e. The van der Waals surface area contributed by atoms with E-state index in [9.17, 15) is 4.79 Å². The monoisotopic (exact) mass is 333 g/mol. The van der Waals surface area contributed by atoms with Crippen LogP contribution in [0.5, 0.6) is 5.75 Å². The second-order valence-corrected chi connectivity index (χ2v) is 5.26. The molecule has 0 atom stereocenters. The van der Waals surface area contributed by atoms with Crippen molar-refractivity contribution in [1.82, 2.24) is 0 Å². The first kappa shape index (κ1) is 14.6. The molecule has 0 amide bonds. The lowest BCUT2D eigenvalue weighted by Crippen LogP contribution is -2.15. The molecule has 3 nitrogen and oxygen atoms in total. The van der Waals surface area contributed by atoms with E-state index in [0.717, 1.165) is 21.5 Å². The van der Waals surface area contributed by atoms with Crippen LogP contribution in [0.15, 0.2) is 53.0 Å². The molecule has 20 heavy (non-hydrogen) atoms. The van der Waals surface area contributed by atoms with E-state index in [1.54, 1.807) is 7.11 Å². The number of rotatable bonds is 6. The normalized spacial score (nSPS) is 10.1. The van der Waals surface area contributed by atoms with Gasteiger partial charge in [-0.1, -0.05) is 24.3 Å². The van der Waals surface area contributed by atoms with Crippen LogP contribution in [0.25, 0.3) is 0 Å². The van der Waals surface area contributed by atoms with E-state index in [0.29, 0.717) is 13.0 Å². The van der Waals surface area contributed by atoms with E-state index in [4.69, 9.17) is 4.74 Å². The van der Waals surface area contributed by atoms with Gasteiger partial charge in [0.15, 0.2) is 5.78 Å². The lowest BCUT2D eigenvalue weighted by atomic mass is 10.1. The third-order valence-corrected chi connectivity index (χ3v) is 3.50. The number of ketones is 1. The maximum atomic E-state index is 11.9. The van der Waals surface area contributed by atoms with Crippen molar-refractivity contribution in [2.75, 3.05) is 19.0 Å². The predicted octanol–water partition coefficient (Wildman–Crippen LogP) is 3.68. The van der Waals surface area contributed by atoms with Gasteiger partial charge in [0.25, 0.3) is 0 Å². The molecule has 0 heterocycles. The minimum atomic E-state index is 0.144. The van der Waals surface area contributed by atoms with Crippen molar-refractivity contribution in [2.24, 2.45) is 0 Å². The average molecular weight is 334 g/mol. The first-order valence-corrected chi connectivity index (χ1v) is 7.11. The van der Waals surface area contributed by atoms with Gasteiger partial charge in [0.05, 0.1) is 18.1 Å². The van der Waals surface area contributed by atoms with Crippen molar-refractivity contribution >= 4 is 27.4 Å². The molecule has 0 radical (unpaired) electrons. The molecular formula is C16H16BrNO2. The van der Waals surface area contributed by atoms with Crippen LogP contribution in [0.2, 0.25) is 0 Å². The fraction of sp³-hybridized carbons (Fsp3) is 0.188. The van der Waals surface area contributed by atoms with Crippen molar-refractivity contribution in [2.45, 2.75) is 6.42 Å². The molecule has 4 heteroatoms. The summed E-state index contributed by atoms with van der Waals surface area (Å²) >= 11 is 3.42. The van der Waals surface area contributed by atoms with Gasteiger partial charge in [0.1, 0.15) is 5.75 Å². The summed E-state index contributed by atoms with van der Waals surface area (Å²) in [7, 11) is 1.62. The summed E-state index contributed by atoms with van der Waals surface area (Å²) in [6, 6.07) is 15.4. The van der Waals surface area contributed by atoms with Gasteiger partial charge in [-0.15, -0.1) is 0 Å². The van der Waals surface area contributed by atoms with Gasteiger partial charge in [-0.05, 0) is 45.8 Å². The third kappa shape index (κ3) is 4.10. The van der Waals surface area contributed by atoms with E-state index in [1.165, 1.54) is 0 Å². The van der Waals surface area contributed by atoms with E-state index in [1.807, 2.05) is 48.5 Å². The summed E-state index contributed by atoms with van der Waals surface area (Å²) in [5.41, 5.74) is 1.93. The van der Waals surface area contributed by atoms with E-state index in [-0.39, 0.29) is 5.78 Å². The number of anilines is 1. The Morgan fingerprint density at radius 2 is 1.95 bits per heavy atom. The van der Waals surface area contributed by atoms with Crippen LogP contribution < -0.4 is 10.1 Å². The van der Waals surface area contributed by atoms with Crippen LogP contribution in [-0.4, -0.2) is 19.4 Å². The van der Waals surface area contributed by atoms with Crippen molar-refractivity contribution in [1.29, 1.82) is 0 Å². The first-order chi connectivity index (χ1) is 9.69. The summed E-state index contributed by atoms with van der Waals surface area (Å²) in [5, 5.41) is 3.12. The van der Waals surface area contributed by atoms with Gasteiger partial charge in [-0.25, -0.2) is 0 Å². The molecule has 0 unspecified atom stereocenters. The maximum absolute atomic E-state index is 11.9. The predicted molar refractivity (Wildman–Crippen MR) is 84.3 cm³/mol. The molecule has 0 saturated heterocycles. The third-order valence-electron chi connectivity index (χ3n) is 2.88. The lowest BCUT2D eigenvalue weighted by molar-refractivity contribution is -0.116. The zero-order valence-electron chi connectivity index (χ0n) is 11.2. The van der Waals surface area contributed by atoms with Gasteiger partial charge in [-0.2, -0.15) is 0 Å². The summed E-state index contributed by atoms with van der Waals surface area (Å²) in [5.74, 6) is 0.912. The van der Waals surface area contributed by atoms with Crippen LogP contribution in [0.4, 0.5) is 5.69 Å². The largest absolute Gasteiger partial charge is 0.496 e. The summed E-state index contributed by atoms with van der Waals surface area (Å²) in [6.07, 6.45) is 0.405. The SMILES string of the molecule is COc1ccc(CC(=O)CNc2ccccc2)cc1Br. The Labute approximate surface area is 127 Å². The van der Waals surface area contributed by atoms with Crippen LogP contribution in [-0.2, 0) is 11.2 Å². The number of methoxy groups -OCH3 is 1. The van der Waals surface area contributed by atoms with Crippen LogP contribution in [0.1, 0.15) is 5.56 Å². The number of carbonyl (C=O) groups excluding carboxylic acids is 1. The number of hydrogen-bond donors (Lipinski definition) is 1. The Kier molecular flexibility index (Phi) is 5.18. The van der Waals surface area contributed by atoms with Gasteiger partial charge in [0.2, 0.25) is 0 Å². The number of nitrogens with one attached hydrogen (secondary N) is 1. The highest BCUT2D eigenvalue weighted by Gasteiger charge is 2.06. The van der Waals surface area contributed by atoms with E-state index < -0.39 is 0 Å². The van der Waals surface area contributed by atoms with Crippen LogP contribution in [0.3, 0.4) is 0 Å². The van der Waals surface area contributed by atoms with Gasteiger partial charge >= 0.3 is 0 Å². The molecule has 0 aliphatic carbocycles. The molecule has 0 aromatic heterocycles. The summed E-state index contributed by atoms with van der Waals surface area (Å²) in [6.45, 7) is 0.327. The Hall–Kier alpha value is -1.81. The minimum absolute atomic E-state index is 0.144. The van der Waals surface area contributed by atoms with E-state index >= 15 is 0 Å². The van der Waals surface area contributed by atoms with Crippen LogP contribution in [0, 0.1) is 0 Å². The molecular weight excluding hydrogens is 318 g/mol. The Bertz CT molecular complexity index is 584. The molecule has 0 saturated carbocycles. The van der Waals surface area contributed by atoms with Crippen molar-refractivity contribution < 1.29 is 9.53 Å². The molecule has 0 aliphatic heterocycles. The zero-order chi connectivity index (χ0) is 14.4. The average Bonchev–Trinajstić information content (AvgIpc) is 2.46. The molecule has 0 fully saturated rings. The molecule has 1 N–H and O–H groups in total. The van der Waals surface area contributed by atoms with E-state index in [2.05, 4.69) is 21.2 Å². The molecule has 0 bridgehead atoms. The highest BCUT2D eigenvalue weighted by Crippen LogP contribution is 2.25. The number of carbonyl (C=O) groups is 1. The van der Waals surface area contributed by atoms with Crippen molar-refractivity contribution in [3.8, 4) is 5.75 Å². The van der Waals surface area contributed by atoms with Gasteiger partial charge in [-0.3, -0.25) is 4.79 Å².